The van der Waals surface area contributed by atoms with E-state index < -0.39 is 18.4 Å². The van der Waals surface area contributed by atoms with E-state index in [0.29, 0.717) is 16.9 Å². The third kappa shape index (κ3) is 4.18. The van der Waals surface area contributed by atoms with Gasteiger partial charge in [-0.15, -0.1) is 0 Å². The fourth-order valence-electron chi connectivity index (χ4n) is 1.81. The number of carboxylic acid groups (broad SMARTS) is 1. The molecule has 2 rings (SSSR count). The van der Waals surface area contributed by atoms with Crippen LogP contribution in [-0.4, -0.2) is 17.7 Å². The van der Waals surface area contributed by atoms with Gasteiger partial charge < -0.3 is 9.84 Å². The molecule has 22 heavy (non-hydrogen) atoms. The summed E-state index contributed by atoms with van der Waals surface area (Å²) in [5.74, 6) is -1.04. The molecule has 0 radical (unpaired) electrons. The van der Waals surface area contributed by atoms with Gasteiger partial charge in [0.05, 0.1) is 11.6 Å². The van der Waals surface area contributed by atoms with Gasteiger partial charge in [0.2, 0.25) is 0 Å². The summed E-state index contributed by atoms with van der Waals surface area (Å²) in [6, 6.07) is 14.4. The van der Waals surface area contributed by atoms with Gasteiger partial charge in [0.1, 0.15) is 11.6 Å². The van der Waals surface area contributed by atoms with Crippen molar-refractivity contribution >= 4 is 17.6 Å². The second kappa shape index (κ2) is 7.04. The molecule has 4 nitrogen and oxygen atoms in total. The maximum atomic E-state index is 13.2. The highest BCUT2D eigenvalue weighted by molar-refractivity contribution is 5.89. The molecule has 0 aromatic heterocycles. The number of aliphatic carboxylic acids is 1. The Balaban J connectivity index is 2.20. The quantitative estimate of drug-likeness (QED) is 0.678. The summed E-state index contributed by atoms with van der Waals surface area (Å²) in [6.45, 7) is -0.415. The van der Waals surface area contributed by atoms with E-state index >= 15 is 0 Å². The summed E-state index contributed by atoms with van der Waals surface area (Å²) in [5, 5.41) is 17.7. The molecule has 0 spiro atoms. The molecule has 0 atom stereocenters. The van der Waals surface area contributed by atoms with Gasteiger partial charge in [0, 0.05) is 0 Å². The van der Waals surface area contributed by atoms with Gasteiger partial charge >= 0.3 is 5.97 Å². The molecule has 0 aliphatic rings. The predicted octanol–water partition coefficient (Wildman–Crippen LogP) is 3.35. The molecule has 2 aromatic rings. The Morgan fingerprint density at radius 1 is 1.27 bits per heavy atom. The Bertz CT molecular complexity index is 745. The first-order valence-corrected chi connectivity index (χ1v) is 6.41. The van der Waals surface area contributed by atoms with Gasteiger partial charge in [-0.3, -0.25) is 0 Å². The van der Waals surface area contributed by atoms with Gasteiger partial charge in [-0.25, -0.2) is 9.18 Å². The van der Waals surface area contributed by atoms with Crippen LogP contribution in [0.5, 0.6) is 5.75 Å². The molecule has 1 N–H and O–H groups in total. The highest BCUT2D eigenvalue weighted by Gasteiger charge is 2.03. The number of carboxylic acids is 1. The molecule has 2 aromatic carbocycles. The molecular formula is C17H12FNO3. The van der Waals surface area contributed by atoms with Crippen LogP contribution >= 0.6 is 0 Å². The zero-order valence-corrected chi connectivity index (χ0v) is 11.5. The average Bonchev–Trinajstić information content (AvgIpc) is 2.51. The molecule has 0 fully saturated rings. The summed E-state index contributed by atoms with van der Waals surface area (Å²) >= 11 is 0. The molecule has 0 aliphatic heterocycles. The van der Waals surface area contributed by atoms with Crippen LogP contribution in [0.4, 0.5) is 4.39 Å². The van der Waals surface area contributed by atoms with Crippen molar-refractivity contribution in [3.05, 3.63) is 65.5 Å². The Morgan fingerprint density at radius 2 is 2.00 bits per heavy atom. The smallest absolute Gasteiger partial charge is 0.341 e. The summed E-state index contributed by atoms with van der Waals surface area (Å²) in [6.07, 6.45) is 1.62. The Morgan fingerprint density at radius 3 is 2.59 bits per heavy atom. The van der Waals surface area contributed by atoms with E-state index in [1.54, 1.807) is 42.5 Å². The monoisotopic (exact) mass is 297 g/mol. The predicted molar refractivity (Wildman–Crippen MR) is 79.5 cm³/mol. The first-order chi connectivity index (χ1) is 10.6. The van der Waals surface area contributed by atoms with Crippen molar-refractivity contribution in [2.75, 3.05) is 6.61 Å². The first-order valence-electron chi connectivity index (χ1n) is 6.41. The van der Waals surface area contributed by atoms with Gasteiger partial charge in [0.25, 0.3) is 0 Å². The summed E-state index contributed by atoms with van der Waals surface area (Å²) in [7, 11) is 0. The fourth-order valence-corrected chi connectivity index (χ4v) is 1.81. The summed E-state index contributed by atoms with van der Waals surface area (Å²) in [5.41, 5.74) is 1.55. The molecule has 0 aliphatic carbocycles. The van der Waals surface area contributed by atoms with Crippen LogP contribution in [0.25, 0.3) is 11.6 Å². The van der Waals surface area contributed by atoms with E-state index in [-0.39, 0.29) is 0 Å². The number of hydrogen-bond acceptors (Lipinski definition) is 3. The zero-order valence-electron chi connectivity index (χ0n) is 11.5. The molecule has 110 valence electrons. The van der Waals surface area contributed by atoms with E-state index in [0.717, 1.165) is 5.56 Å². The largest absolute Gasteiger partial charge is 0.482 e. The molecule has 0 unspecified atom stereocenters. The maximum absolute atomic E-state index is 13.2. The van der Waals surface area contributed by atoms with Crippen molar-refractivity contribution in [2.24, 2.45) is 0 Å². The van der Waals surface area contributed by atoms with E-state index in [4.69, 9.17) is 9.84 Å². The molecule has 0 saturated carbocycles. The number of halogens is 1. The lowest BCUT2D eigenvalue weighted by molar-refractivity contribution is -0.139. The molecule has 0 bridgehead atoms. The van der Waals surface area contributed by atoms with E-state index in [2.05, 4.69) is 0 Å². The highest BCUT2D eigenvalue weighted by atomic mass is 19.1. The van der Waals surface area contributed by atoms with Crippen molar-refractivity contribution in [2.45, 2.75) is 0 Å². The van der Waals surface area contributed by atoms with Crippen molar-refractivity contribution in [3.63, 3.8) is 0 Å². The zero-order chi connectivity index (χ0) is 15.9. The molecule has 5 heteroatoms. The minimum atomic E-state index is -1.05. The highest BCUT2D eigenvalue weighted by Crippen LogP contribution is 2.20. The lowest BCUT2D eigenvalue weighted by Gasteiger charge is -2.04. The molecule has 0 heterocycles. The van der Waals surface area contributed by atoms with Crippen LogP contribution in [0.1, 0.15) is 11.1 Å². The number of rotatable bonds is 5. The number of hydrogen-bond donors (Lipinski definition) is 1. The van der Waals surface area contributed by atoms with Gasteiger partial charge in [-0.05, 0) is 41.5 Å². The molecule has 0 amide bonds. The molecule has 0 saturated heterocycles. The van der Waals surface area contributed by atoms with Crippen molar-refractivity contribution in [3.8, 4) is 11.8 Å². The maximum Gasteiger partial charge on any atom is 0.341 e. The van der Waals surface area contributed by atoms with Crippen molar-refractivity contribution < 1.29 is 19.0 Å². The SMILES string of the molecule is N#C/C(=C/c1ccc(OCC(=O)O)cc1)c1cccc(F)c1. The van der Waals surface area contributed by atoms with Crippen LogP contribution in [0.2, 0.25) is 0 Å². The lowest BCUT2D eigenvalue weighted by Crippen LogP contribution is -2.09. The third-order valence-electron chi connectivity index (χ3n) is 2.81. The lowest BCUT2D eigenvalue weighted by atomic mass is 10.0. The number of benzene rings is 2. The fraction of sp³-hybridized carbons (Fsp3) is 0.0588. The van der Waals surface area contributed by atoms with Gasteiger partial charge in [-0.1, -0.05) is 24.3 Å². The van der Waals surface area contributed by atoms with Crippen molar-refractivity contribution in [1.82, 2.24) is 0 Å². The standard InChI is InChI=1S/C17H12FNO3/c18-15-3-1-2-13(9-15)14(10-19)8-12-4-6-16(7-5-12)22-11-17(20)21/h1-9H,11H2,(H,20,21)/b14-8-. The Kier molecular flexibility index (Phi) is 4.89. The van der Waals surface area contributed by atoms with E-state index in [1.165, 1.54) is 12.1 Å². The third-order valence-corrected chi connectivity index (χ3v) is 2.81. The van der Waals surface area contributed by atoms with Crippen LogP contribution < -0.4 is 4.74 Å². The number of allylic oxidation sites excluding steroid dienone is 1. The number of ether oxygens (including phenoxy) is 1. The summed E-state index contributed by atoms with van der Waals surface area (Å²) < 4.78 is 18.2. The van der Waals surface area contributed by atoms with E-state index in [9.17, 15) is 14.4 Å². The minimum Gasteiger partial charge on any atom is -0.482 e. The van der Waals surface area contributed by atoms with Crippen LogP contribution in [-0.2, 0) is 4.79 Å². The van der Waals surface area contributed by atoms with Crippen LogP contribution in [0.15, 0.2) is 48.5 Å². The number of nitriles is 1. The Hall–Kier alpha value is -3.13. The van der Waals surface area contributed by atoms with Crippen LogP contribution in [0, 0.1) is 17.1 Å². The van der Waals surface area contributed by atoms with Crippen LogP contribution in [0.3, 0.4) is 0 Å². The van der Waals surface area contributed by atoms with E-state index in [1.807, 2.05) is 6.07 Å². The number of carbonyl (C=O) groups is 1. The normalized spacial score (nSPS) is 10.8. The summed E-state index contributed by atoms with van der Waals surface area (Å²) in [4.78, 5) is 10.4. The first kappa shape index (κ1) is 15.3. The van der Waals surface area contributed by atoms with Gasteiger partial charge in [0.15, 0.2) is 6.61 Å². The average molecular weight is 297 g/mol. The second-order valence-electron chi connectivity index (χ2n) is 4.43. The Labute approximate surface area is 126 Å². The van der Waals surface area contributed by atoms with Crippen molar-refractivity contribution in [1.29, 1.82) is 5.26 Å². The topological polar surface area (TPSA) is 70.3 Å². The number of nitrogens with zero attached hydrogens (tertiary/aromatic N) is 1. The molecular weight excluding hydrogens is 285 g/mol. The second-order valence-corrected chi connectivity index (χ2v) is 4.43. The van der Waals surface area contributed by atoms with Gasteiger partial charge in [-0.2, -0.15) is 5.26 Å². The minimum absolute atomic E-state index is 0.332.